The zero-order chi connectivity index (χ0) is 11.6. The maximum atomic E-state index is 11.4. The van der Waals surface area contributed by atoms with Crippen LogP contribution in [-0.4, -0.2) is 31.8 Å². The number of carbonyl (C=O) groups is 1. The Hall–Kier alpha value is -1.30. The quantitative estimate of drug-likeness (QED) is 0.715. The van der Waals surface area contributed by atoms with Gasteiger partial charge >= 0.3 is 5.97 Å². The van der Waals surface area contributed by atoms with Crippen molar-refractivity contribution in [2.24, 2.45) is 7.05 Å². The van der Waals surface area contributed by atoms with Gasteiger partial charge in [-0.25, -0.2) is 13.2 Å². The normalized spacial score (nSPS) is 11.4. The van der Waals surface area contributed by atoms with Gasteiger partial charge in [0.25, 0.3) is 0 Å². The van der Waals surface area contributed by atoms with Crippen LogP contribution < -0.4 is 0 Å². The molecule has 0 spiro atoms. The number of aromatic nitrogens is 1. The summed E-state index contributed by atoms with van der Waals surface area (Å²) in [4.78, 5) is 11.5. The van der Waals surface area contributed by atoms with Crippen molar-refractivity contribution < 1.29 is 17.9 Å². The molecule has 6 heteroatoms. The fraction of sp³-hybridized carbons (Fsp3) is 0.444. The van der Waals surface area contributed by atoms with E-state index in [0.717, 1.165) is 6.26 Å². The number of hydrogen-bond donors (Lipinski definition) is 0. The molecule has 0 bridgehead atoms. The van der Waals surface area contributed by atoms with Gasteiger partial charge in [0.1, 0.15) is 5.69 Å². The van der Waals surface area contributed by atoms with E-state index in [4.69, 9.17) is 4.74 Å². The Balaban J connectivity index is 3.13. The van der Waals surface area contributed by atoms with Gasteiger partial charge in [0, 0.05) is 19.5 Å². The Morgan fingerprint density at radius 3 is 2.53 bits per heavy atom. The zero-order valence-electron chi connectivity index (χ0n) is 8.85. The lowest BCUT2D eigenvalue weighted by atomic mass is 10.4. The first kappa shape index (κ1) is 11.8. The third-order valence-electron chi connectivity index (χ3n) is 1.89. The Kier molecular flexibility index (Phi) is 3.18. The van der Waals surface area contributed by atoms with Gasteiger partial charge in [-0.2, -0.15) is 0 Å². The van der Waals surface area contributed by atoms with Gasteiger partial charge in [0.05, 0.1) is 11.5 Å². The second-order valence-corrected chi connectivity index (χ2v) is 5.18. The standard InChI is InChI=1S/C9H13NO4S/c1-4-14-9(11)8-5-7(6-10(8)2)15(3,12)13/h5-6H,4H2,1-3H3. The van der Waals surface area contributed by atoms with Crippen LogP contribution in [0.1, 0.15) is 17.4 Å². The monoisotopic (exact) mass is 231 g/mol. The molecule has 0 N–H and O–H groups in total. The second-order valence-electron chi connectivity index (χ2n) is 3.16. The van der Waals surface area contributed by atoms with E-state index in [9.17, 15) is 13.2 Å². The van der Waals surface area contributed by atoms with Crippen molar-refractivity contribution >= 4 is 15.8 Å². The van der Waals surface area contributed by atoms with Crippen LogP contribution in [0.2, 0.25) is 0 Å². The summed E-state index contributed by atoms with van der Waals surface area (Å²) >= 11 is 0. The number of rotatable bonds is 3. The van der Waals surface area contributed by atoms with Crippen LogP contribution in [0, 0.1) is 0 Å². The van der Waals surface area contributed by atoms with E-state index in [1.165, 1.54) is 16.8 Å². The third-order valence-corrected chi connectivity index (χ3v) is 2.97. The highest BCUT2D eigenvalue weighted by molar-refractivity contribution is 7.90. The van der Waals surface area contributed by atoms with Crippen molar-refractivity contribution in [2.45, 2.75) is 11.8 Å². The molecule has 0 aliphatic heterocycles. The van der Waals surface area contributed by atoms with E-state index < -0.39 is 15.8 Å². The fourth-order valence-corrected chi connectivity index (χ4v) is 1.82. The third kappa shape index (κ3) is 2.59. The van der Waals surface area contributed by atoms with E-state index in [2.05, 4.69) is 0 Å². The smallest absolute Gasteiger partial charge is 0.354 e. The van der Waals surface area contributed by atoms with E-state index in [1.807, 2.05) is 0 Å². The summed E-state index contributed by atoms with van der Waals surface area (Å²) in [5, 5.41) is 0. The molecule has 0 atom stereocenters. The maximum Gasteiger partial charge on any atom is 0.354 e. The number of nitrogens with zero attached hydrogens (tertiary/aromatic N) is 1. The molecule has 1 aromatic heterocycles. The van der Waals surface area contributed by atoms with E-state index in [-0.39, 0.29) is 17.2 Å². The van der Waals surface area contributed by atoms with Crippen molar-refractivity contribution in [3.8, 4) is 0 Å². The topological polar surface area (TPSA) is 65.4 Å². The summed E-state index contributed by atoms with van der Waals surface area (Å²) in [6, 6.07) is 1.31. The first-order valence-electron chi connectivity index (χ1n) is 4.39. The summed E-state index contributed by atoms with van der Waals surface area (Å²) in [7, 11) is -1.68. The van der Waals surface area contributed by atoms with Gasteiger partial charge in [0.2, 0.25) is 0 Å². The van der Waals surface area contributed by atoms with Crippen LogP contribution in [0.25, 0.3) is 0 Å². The first-order valence-corrected chi connectivity index (χ1v) is 6.29. The molecular weight excluding hydrogens is 218 g/mol. The summed E-state index contributed by atoms with van der Waals surface area (Å²) in [5.41, 5.74) is 0.234. The van der Waals surface area contributed by atoms with Crippen LogP contribution in [0.15, 0.2) is 17.2 Å². The number of carbonyl (C=O) groups excluding carboxylic acids is 1. The molecule has 0 aliphatic carbocycles. The van der Waals surface area contributed by atoms with Gasteiger partial charge in [-0.05, 0) is 13.0 Å². The Labute approximate surface area is 88.6 Å². The molecular formula is C9H13NO4S. The highest BCUT2D eigenvalue weighted by atomic mass is 32.2. The van der Waals surface area contributed by atoms with Crippen LogP contribution >= 0.6 is 0 Å². The first-order chi connectivity index (χ1) is 6.86. The zero-order valence-corrected chi connectivity index (χ0v) is 9.67. The molecule has 5 nitrogen and oxygen atoms in total. The van der Waals surface area contributed by atoms with Crippen LogP contribution in [-0.2, 0) is 21.6 Å². The second kappa shape index (κ2) is 4.06. The number of sulfone groups is 1. The maximum absolute atomic E-state index is 11.4. The average molecular weight is 231 g/mol. The molecule has 0 amide bonds. The summed E-state index contributed by atoms with van der Waals surface area (Å²) < 4.78 is 28.6. The van der Waals surface area contributed by atoms with Crippen LogP contribution in [0.3, 0.4) is 0 Å². The summed E-state index contributed by atoms with van der Waals surface area (Å²) in [6.07, 6.45) is 2.48. The average Bonchev–Trinajstić information content (AvgIpc) is 2.47. The minimum absolute atomic E-state index is 0.119. The Morgan fingerprint density at radius 2 is 2.13 bits per heavy atom. The van der Waals surface area contributed by atoms with Gasteiger partial charge in [-0.1, -0.05) is 0 Å². The Bertz CT molecular complexity index is 472. The van der Waals surface area contributed by atoms with E-state index >= 15 is 0 Å². The molecule has 0 aliphatic rings. The van der Waals surface area contributed by atoms with Crippen molar-refractivity contribution in [3.05, 3.63) is 18.0 Å². The Morgan fingerprint density at radius 1 is 1.53 bits per heavy atom. The lowest BCUT2D eigenvalue weighted by Crippen LogP contribution is -2.08. The molecule has 0 saturated heterocycles. The number of hydrogen-bond acceptors (Lipinski definition) is 4. The molecule has 0 unspecified atom stereocenters. The number of ether oxygens (including phenoxy) is 1. The fourth-order valence-electron chi connectivity index (χ4n) is 1.14. The highest BCUT2D eigenvalue weighted by Crippen LogP contribution is 2.13. The predicted octanol–water partition coefficient (Wildman–Crippen LogP) is 0.605. The molecule has 0 aromatic carbocycles. The van der Waals surface area contributed by atoms with E-state index in [1.54, 1.807) is 14.0 Å². The molecule has 0 saturated carbocycles. The predicted molar refractivity (Wildman–Crippen MR) is 54.5 cm³/mol. The van der Waals surface area contributed by atoms with Crippen LogP contribution in [0.5, 0.6) is 0 Å². The molecule has 0 radical (unpaired) electrons. The lowest BCUT2D eigenvalue weighted by molar-refractivity contribution is 0.0515. The summed E-state index contributed by atoms with van der Waals surface area (Å²) in [6.45, 7) is 1.95. The van der Waals surface area contributed by atoms with Crippen molar-refractivity contribution in [1.82, 2.24) is 4.57 Å². The van der Waals surface area contributed by atoms with Gasteiger partial charge in [-0.3, -0.25) is 0 Å². The number of esters is 1. The van der Waals surface area contributed by atoms with Crippen molar-refractivity contribution in [3.63, 3.8) is 0 Å². The molecule has 84 valence electrons. The lowest BCUT2D eigenvalue weighted by Gasteiger charge is -2.01. The molecule has 1 heterocycles. The van der Waals surface area contributed by atoms with E-state index in [0.29, 0.717) is 0 Å². The SMILES string of the molecule is CCOC(=O)c1cc(S(C)(=O)=O)cn1C. The van der Waals surface area contributed by atoms with Gasteiger partial charge < -0.3 is 9.30 Å². The van der Waals surface area contributed by atoms with Crippen LogP contribution in [0.4, 0.5) is 0 Å². The van der Waals surface area contributed by atoms with Crippen molar-refractivity contribution in [2.75, 3.05) is 12.9 Å². The minimum atomic E-state index is -3.28. The number of aryl methyl sites for hydroxylation is 1. The molecule has 15 heavy (non-hydrogen) atoms. The molecule has 0 fully saturated rings. The molecule has 1 aromatic rings. The highest BCUT2D eigenvalue weighted by Gasteiger charge is 2.17. The van der Waals surface area contributed by atoms with Crippen molar-refractivity contribution in [1.29, 1.82) is 0 Å². The minimum Gasteiger partial charge on any atom is -0.461 e. The summed E-state index contributed by atoms with van der Waals surface area (Å²) in [5.74, 6) is -0.519. The molecule has 1 rings (SSSR count). The van der Waals surface area contributed by atoms with Gasteiger partial charge in [-0.15, -0.1) is 0 Å². The van der Waals surface area contributed by atoms with Gasteiger partial charge in [0.15, 0.2) is 9.84 Å². The largest absolute Gasteiger partial charge is 0.461 e.